The lowest BCUT2D eigenvalue weighted by Crippen LogP contribution is -2.14. The Hall–Kier alpha value is -0.350. The number of aliphatic hydroxyl groups is 1. The van der Waals surface area contributed by atoms with Crippen LogP contribution >= 0.6 is 23.2 Å². The second-order valence-electron chi connectivity index (χ2n) is 2.33. The minimum absolute atomic E-state index is 0.142. The van der Waals surface area contributed by atoms with Crippen molar-refractivity contribution in [3.05, 3.63) is 28.0 Å². The molecular formula is C7H8Cl2N2O. The van der Waals surface area contributed by atoms with Crippen LogP contribution in [0.15, 0.2) is 12.1 Å². The minimum Gasteiger partial charge on any atom is -0.394 e. The second-order valence-corrected chi connectivity index (χ2v) is 3.11. The molecule has 1 rings (SSSR count). The van der Waals surface area contributed by atoms with E-state index < -0.39 is 6.04 Å². The minimum atomic E-state index is -0.456. The number of nitrogens with zero attached hydrogens (tertiary/aromatic N) is 1. The highest BCUT2D eigenvalue weighted by molar-refractivity contribution is 6.32. The molecule has 0 amide bonds. The van der Waals surface area contributed by atoms with Crippen molar-refractivity contribution in [1.29, 1.82) is 0 Å². The maximum Gasteiger partial charge on any atom is 0.131 e. The third-order valence-corrected chi connectivity index (χ3v) is 1.80. The van der Waals surface area contributed by atoms with Gasteiger partial charge in [0.1, 0.15) is 10.3 Å². The first kappa shape index (κ1) is 9.74. The molecule has 0 bridgehead atoms. The van der Waals surface area contributed by atoms with Gasteiger partial charge in [-0.3, -0.25) is 0 Å². The third kappa shape index (κ3) is 2.32. The standard InChI is InChI=1S/C7H8Cl2N2O/c8-6-1-4(5(10)3-12)2-7(9)11-6/h1-2,5,12H,3,10H2/t5-/m0/s1. The first-order valence-corrected chi connectivity index (χ1v) is 4.08. The molecule has 0 unspecified atom stereocenters. The summed E-state index contributed by atoms with van der Waals surface area (Å²) >= 11 is 11.2. The van der Waals surface area contributed by atoms with E-state index in [1.165, 1.54) is 0 Å². The molecule has 66 valence electrons. The Labute approximate surface area is 80.1 Å². The Morgan fingerprint density at radius 2 is 1.92 bits per heavy atom. The van der Waals surface area contributed by atoms with Crippen LogP contribution in [0, 0.1) is 0 Å². The molecule has 1 heterocycles. The summed E-state index contributed by atoms with van der Waals surface area (Å²) in [4.78, 5) is 3.74. The molecule has 1 aromatic rings. The van der Waals surface area contributed by atoms with E-state index in [4.69, 9.17) is 34.0 Å². The van der Waals surface area contributed by atoms with E-state index in [0.29, 0.717) is 5.56 Å². The van der Waals surface area contributed by atoms with Gasteiger partial charge in [-0.2, -0.15) is 0 Å². The molecule has 0 aliphatic heterocycles. The highest BCUT2D eigenvalue weighted by Crippen LogP contribution is 2.18. The molecule has 5 heteroatoms. The number of hydrogen-bond donors (Lipinski definition) is 2. The predicted octanol–water partition coefficient (Wildman–Crippen LogP) is 1.38. The Kier molecular flexibility index (Phi) is 3.29. The van der Waals surface area contributed by atoms with Gasteiger partial charge >= 0.3 is 0 Å². The second kappa shape index (κ2) is 4.05. The number of aliphatic hydroxyl groups excluding tert-OH is 1. The van der Waals surface area contributed by atoms with E-state index in [0.717, 1.165) is 0 Å². The topological polar surface area (TPSA) is 59.1 Å². The van der Waals surface area contributed by atoms with Gasteiger partial charge in [-0.1, -0.05) is 23.2 Å². The summed E-state index contributed by atoms with van der Waals surface area (Å²) in [6.45, 7) is -0.142. The summed E-state index contributed by atoms with van der Waals surface area (Å²) in [5, 5.41) is 9.30. The Bertz CT molecular complexity index is 260. The number of aromatic nitrogens is 1. The summed E-state index contributed by atoms with van der Waals surface area (Å²) in [5.41, 5.74) is 6.22. The molecule has 0 aliphatic rings. The van der Waals surface area contributed by atoms with Crippen molar-refractivity contribution in [3.8, 4) is 0 Å². The van der Waals surface area contributed by atoms with Crippen LogP contribution in [0.5, 0.6) is 0 Å². The molecular weight excluding hydrogens is 199 g/mol. The molecule has 0 radical (unpaired) electrons. The monoisotopic (exact) mass is 206 g/mol. The van der Waals surface area contributed by atoms with Gasteiger partial charge in [0.2, 0.25) is 0 Å². The van der Waals surface area contributed by atoms with Crippen molar-refractivity contribution in [2.75, 3.05) is 6.61 Å². The Morgan fingerprint density at radius 3 is 2.33 bits per heavy atom. The van der Waals surface area contributed by atoms with Gasteiger partial charge in [0, 0.05) is 0 Å². The maximum absolute atomic E-state index is 8.74. The fourth-order valence-electron chi connectivity index (χ4n) is 0.803. The lowest BCUT2D eigenvalue weighted by atomic mass is 10.1. The average Bonchev–Trinajstić information content (AvgIpc) is 2.01. The number of hydrogen-bond acceptors (Lipinski definition) is 3. The van der Waals surface area contributed by atoms with E-state index in [2.05, 4.69) is 4.98 Å². The van der Waals surface area contributed by atoms with Crippen LogP contribution in [0.1, 0.15) is 11.6 Å². The van der Waals surface area contributed by atoms with Crippen LogP contribution in [0.25, 0.3) is 0 Å². The molecule has 0 aromatic carbocycles. The van der Waals surface area contributed by atoms with E-state index in [1.807, 2.05) is 0 Å². The molecule has 1 atom stereocenters. The van der Waals surface area contributed by atoms with Crippen LogP contribution in [-0.2, 0) is 0 Å². The number of nitrogens with two attached hydrogens (primary N) is 1. The smallest absolute Gasteiger partial charge is 0.131 e. The van der Waals surface area contributed by atoms with Gasteiger partial charge in [0.15, 0.2) is 0 Å². The fraction of sp³-hybridized carbons (Fsp3) is 0.286. The molecule has 0 spiro atoms. The van der Waals surface area contributed by atoms with Crippen LogP contribution in [0.2, 0.25) is 10.3 Å². The van der Waals surface area contributed by atoms with Crippen molar-refractivity contribution in [2.24, 2.45) is 5.73 Å². The van der Waals surface area contributed by atoms with E-state index in [1.54, 1.807) is 12.1 Å². The maximum atomic E-state index is 8.74. The van der Waals surface area contributed by atoms with Crippen molar-refractivity contribution in [3.63, 3.8) is 0 Å². The lowest BCUT2D eigenvalue weighted by molar-refractivity contribution is 0.268. The van der Waals surface area contributed by atoms with Crippen molar-refractivity contribution >= 4 is 23.2 Å². The van der Waals surface area contributed by atoms with Crippen LogP contribution in [0.4, 0.5) is 0 Å². The summed E-state index contributed by atoms with van der Waals surface area (Å²) in [6, 6.07) is 2.70. The highest BCUT2D eigenvalue weighted by Gasteiger charge is 2.06. The van der Waals surface area contributed by atoms with Crippen molar-refractivity contribution in [2.45, 2.75) is 6.04 Å². The van der Waals surface area contributed by atoms with E-state index >= 15 is 0 Å². The molecule has 3 nitrogen and oxygen atoms in total. The van der Waals surface area contributed by atoms with E-state index in [9.17, 15) is 0 Å². The van der Waals surface area contributed by atoms with Gasteiger partial charge in [-0.05, 0) is 17.7 Å². The third-order valence-electron chi connectivity index (χ3n) is 1.41. The fourth-order valence-corrected chi connectivity index (χ4v) is 1.28. The lowest BCUT2D eigenvalue weighted by Gasteiger charge is -2.08. The molecule has 12 heavy (non-hydrogen) atoms. The zero-order valence-electron chi connectivity index (χ0n) is 6.17. The zero-order valence-corrected chi connectivity index (χ0v) is 7.68. The SMILES string of the molecule is N[C@@H](CO)c1cc(Cl)nc(Cl)c1. The summed E-state index contributed by atoms with van der Waals surface area (Å²) in [6.07, 6.45) is 0. The summed E-state index contributed by atoms with van der Waals surface area (Å²) < 4.78 is 0. The number of halogens is 2. The highest BCUT2D eigenvalue weighted by atomic mass is 35.5. The molecule has 0 saturated carbocycles. The molecule has 1 aromatic heterocycles. The quantitative estimate of drug-likeness (QED) is 0.720. The first-order chi connectivity index (χ1) is 5.63. The summed E-state index contributed by atoms with van der Waals surface area (Å²) in [5.74, 6) is 0. The Balaban J connectivity index is 3.00. The van der Waals surface area contributed by atoms with Gasteiger partial charge in [-0.25, -0.2) is 4.98 Å². The zero-order chi connectivity index (χ0) is 9.14. The summed E-state index contributed by atoms with van der Waals surface area (Å²) in [7, 11) is 0. The van der Waals surface area contributed by atoms with Crippen LogP contribution in [0.3, 0.4) is 0 Å². The number of pyridine rings is 1. The van der Waals surface area contributed by atoms with Gasteiger partial charge < -0.3 is 10.8 Å². The van der Waals surface area contributed by atoms with Gasteiger partial charge in [0.05, 0.1) is 12.6 Å². The first-order valence-electron chi connectivity index (χ1n) is 3.33. The Morgan fingerprint density at radius 1 is 1.42 bits per heavy atom. The molecule has 0 aliphatic carbocycles. The molecule has 0 fully saturated rings. The van der Waals surface area contributed by atoms with Crippen LogP contribution in [-0.4, -0.2) is 16.7 Å². The van der Waals surface area contributed by atoms with Crippen molar-refractivity contribution in [1.82, 2.24) is 4.98 Å². The largest absolute Gasteiger partial charge is 0.394 e. The average molecular weight is 207 g/mol. The molecule has 3 N–H and O–H groups in total. The predicted molar refractivity (Wildman–Crippen MR) is 48.3 cm³/mol. The number of rotatable bonds is 2. The van der Waals surface area contributed by atoms with E-state index in [-0.39, 0.29) is 16.9 Å². The molecule has 0 saturated heterocycles. The van der Waals surface area contributed by atoms with Crippen LogP contribution < -0.4 is 5.73 Å². The normalized spacial score (nSPS) is 13.0. The van der Waals surface area contributed by atoms with Gasteiger partial charge in [0.25, 0.3) is 0 Å². The van der Waals surface area contributed by atoms with Crippen molar-refractivity contribution < 1.29 is 5.11 Å². The van der Waals surface area contributed by atoms with Gasteiger partial charge in [-0.15, -0.1) is 0 Å².